The average Bonchev–Trinajstić information content (AvgIpc) is 2.21. The van der Waals surface area contributed by atoms with Crippen molar-refractivity contribution in [2.75, 3.05) is 11.9 Å². The van der Waals surface area contributed by atoms with E-state index < -0.39 is 0 Å². The number of hydrogen-bond donors (Lipinski definition) is 2. The van der Waals surface area contributed by atoms with E-state index in [1.165, 1.54) is 0 Å². The zero-order chi connectivity index (χ0) is 11.5. The summed E-state index contributed by atoms with van der Waals surface area (Å²) in [5, 5.41) is 13.4. The van der Waals surface area contributed by atoms with Gasteiger partial charge >= 0.3 is 0 Å². The van der Waals surface area contributed by atoms with E-state index >= 15 is 0 Å². The van der Waals surface area contributed by atoms with Crippen LogP contribution in [0.15, 0.2) is 24.3 Å². The molecule has 0 bridgehead atoms. The summed E-state index contributed by atoms with van der Waals surface area (Å²) in [6.45, 7) is 6.21. The Morgan fingerprint density at radius 3 is 2.47 bits per heavy atom. The largest absolute Gasteiger partial charge is 0.394 e. The van der Waals surface area contributed by atoms with E-state index in [1.54, 1.807) is 0 Å². The third kappa shape index (κ3) is 2.86. The molecule has 84 valence electrons. The van der Waals surface area contributed by atoms with Crippen LogP contribution in [-0.4, -0.2) is 17.3 Å². The van der Waals surface area contributed by atoms with Crippen LogP contribution in [0.1, 0.15) is 20.8 Å². The smallest absolute Gasteiger partial charge is 0.0661 e. The van der Waals surface area contributed by atoms with Crippen LogP contribution < -0.4 is 5.32 Å². The molecule has 0 aliphatic heterocycles. The summed E-state index contributed by atoms with van der Waals surface area (Å²) in [7, 11) is 0. The number of hydrogen-bond acceptors (Lipinski definition) is 2. The zero-order valence-corrected chi connectivity index (χ0v) is 10.2. The van der Waals surface area contributed by atoms with Gasteiger partial charge in [-0.05, 0) is 25.0 Å². The Morgan fingerprint density at radius 2 is 2.00 bits per heavy atom. The van der Waals surface area contributed by atoms with Crippen molar-refractivity contribution < 1.29 is 5.11 Å². The number of anilines is 1. The third-order valence-electron chi connectivity index (χ3n) is 2.90. The van der Waals surface area contributed by atoms with Gasteiger partial charge < -0.3 is 10.4 Å². The Balaban J connectivity index is 2.89. The molecular weight excluding hydrogens is 210 g/mol. The van der Waals surface area contributed by atoms with Crippen molar-refractivity contribution in [2.45, 2.75) is 26.3 Å². The van der Waals surface area contributed by atoms with E-state index in [4.69, 9.17) is 11.6 Å². The van der Waals surface area contributed by atoms with Gasteiger partial charge in [0.25, 0.3) is 0 Å². The molecule has 2 N–H and O–H groups in total. The molecule has 0 saturated heterocycles. The minimum absolute atomic E-state index is 0.0793. The second-order valence-electron chi connectivity index (χ2n) is 4.34. The molecule has 0 radical (unpaired) electrons. The Bertz CT molecular complexity index is 327. The van der Waals surface area contributed by atoms with E-state index in [2.05, 4.69) is 19.2 Å². The quantitative estimate of drug-likeness (QED) is 0.828. The Morgan fingerprint density at radius 1 is 1.40 bits per heavy atom. The predicted molar refractivity (Wildman–Crippen MR) is 65.4 cm³/mol. The van der Waals surface area contributed by atoms with E-state index in [9.17, 15) is 5.11 Å². The summed E-state index contributed by atoms with van der Waals surface area (Å²) in [5.41, 5.74) is 0.523. The third-order valence-corrected chi connectivity index (χ3v) is 3.23. The number of aliphatic hydroxyl groups is 1. The van der Waals surface area contributed by atoms with E-state index in [0.717, 1.165) is 5.69 Å². The first-order valence-electron chi connectivity index (χ1n) is 5.13. The minimum atomic E-state index is -0.342. The van der Waals surface area contributed by atoms with E-state index in [-0.39, 0.29) is 12.1 Å². The summed E-state index contributed by atoms with van der Waals surface area (Å²) in [5.74, 6) is 0.318. The van der Waals surface area contributed by atoms with Crippen molar-refractivity contribution in [3.8, 4) is 0 Å². The van der Waals surface area contributed by atoms with E-state index in [0.29, 0.717) is 10.9 Å². The van der Waals surface area contributed by atoms with Crippen molar-refractivity contribution in [3.05, 3.63) is 29.3 Å². The fourth-order valence-electron chi connectivity index (χ4n) is 1.24. The Kier molecular flexibility index (Phi) is 4.00. The maximum atomic E-state index is 9.40. The van der Waals surface area contributed by atoms with Crippen LogP contribution in [0.5, 0.6) is 0 Å². The predicted octanol–water partition coefficient (Wildman–Crippen LogP) is 3.16. The first-order chi connectivity index (χ1) is 6.99. The van der Waals surface area contributed by atoms with Gasteiger partial charge in [0.05, 0.1) is 22.9 Å². The summed E-state index contributed by atoms with van der Waals surface area (Å²) in [6, 6.07) is 7.56. The van der Waals surface area contributed by atoms with Crippen LogP contribution in [0.2, 0.25) is 5.02 Å². The Hall–Kier alpha value is -0.730. The maximum absolute atomic E-state index is 9.40. The number of aliphatic hydroxyl groups excluding tert-OH is 1. The van der Waals surface area contributed by atoms with Gasteiger partial charge in [-0.3, -0.25) is 0 Å². The van der Waals surface area contributed by atoms with Gasteiger partial charge in [-0.2, -0.15) is 0 Å². The van der Waals surface area contributed by atoms with Crippen LogP contribution >= 0.6 is 11.6 Å². The van der Waals surface area contributed by atoms with Gasteiger partial charge in [-0.25, -0.2) is 0 Å². The van der Waals surface area contributed by atoms with E-state index in [1.807, 2.05) is 31.2 Å². The monoisotopic (exact) mass is 227 g/mol. The summed E-state index contributed by atoms with van der Waals surface area (Å²) in [6.07, 6.45) is 0. The Labute approximate surface area is 96.3 Å². The lowest BCUT2D eigenvalue weighted by Gasteiger charge is -2.34. The molecule has 0 amide bonds. The second kappa shape index (κ2) is 4.86. The van der Waals surface area contributed by atoms with Gasteiger partial charge in [0.1, 0.15) is 0 Å². The van der Waals surface area contributed by atoms with Gasteiger partial charge in [0.15, 0.2) is 0 Å². The highest BCUT2D eigenvalue weighted by molar-refractivity contribution is 6.33. The number of halogens is 1. The average molecular weight is 228 g/mol. The summed E-state index contributed by atoms with van der Waals surface area (Å²) < 4.78 is 0. The molecule has 3 heteroatoms. The molecule has 15 heavy (non-hydrogen) atoms. The normalized spacial score (nSPS) is 15.1. The van der Waals surface area contributed by atoms with Crippen LogP contribution in [-0.2, 0) is 0 Å². The fraction of sp³-hybridized carbons (Fsp3) is 0.500. The lowest BCUT2D eigenvalue weighted by atomic mass is 9.89. The van der Waals surface area contributed by atoms with Crippen LogP contribution in [0.25, 0.3) is 0 Å². The van der Waals surface area contributed by atoms with Crippen molar-refractivity contribution in [3.63, 3.8) is 0 Å². The van der Waals surface area contributed by atoms with Gasteiger partial charge in [0.2, 0.25) is 0 Å². The molecule has 0 fully saturated rings. The fourth-order valence-corrected chi connectivity index (χ4v) is 1.42. The number of para-hydroxylation sites is 1. The topological polar surface area (TPSA) is 32.3 Å². The number of rotatable bonds is 4. The van der Waals surface area contributed by atoms with Gasteiger partial charge in [-0.1, -0.05) is 37.6 Å². The highest BCUT2D eigenvalue weighted by atomic mass is 35.5. The SMILES string of the molecule is CC(C)C(C)(CO)Nc1ccccc1Cl. The standard InChI is InChI=1S/C12H18ClNO/c1-9(2)12(3,8-15)14-11-7-5-4-6-10(11)13/h4-7,9,14-15H,8H2,1-3H3. The van der Waals surface area contributed by atoms with Crippen molar-refractivity contribution in [2.24, 2.45) is 5.92 Å². The molecule has 0 aliphatic carbocycles. The molecule has 1 aromatic rings. The van der Waals surface area contributed by atoms with Crippen LogP contribution in [0, 0.1) is 5.92 Å². The van der Waals surface area contributed by atoms with Crippen molar-refractivity contribution in [1.82, 2.24) is 0 Å². The summed E-state index contributed by atoms with van der Waals surface area (Å²) >= 11 is 6.05. The molecule has 0 spiro atoms. The minimum Gasteiger partial charge on any atom is -0.394 e. The van der Waals surface area contributed by atoms with Crippen molar-refractivity contribution in [1.29, 1.82) is 0 Å². The molecule has 2 nitrogen and oxygen atoms in total. The molecule has 0 saturated carbocycles. The second-order valence-corrected chi connectivity index (χ2v) is 4.74. The molecule has 1 aromatic carbocycles. The maximum Gasteiger partial charge on any atom is 0.0661 e. The van der Waals surface area contributed by atoms with Crippen molar-refractivity contribution >= 4 is 17.3 Å². The molecular formula is C12H18ClNO. The highest BCUT2D eigenvalue weighted by Crippen LogP contribution is 2.27. The molecule has 1 rings (SSSR count). The van der Waals surface area contributed by atoms with Crippen LogP contribution in [0.3, 0.4) is 0 Å². The lowest BCUT2D eigenvalue weighted by Crippen LogP contribution is -2.44. The molecule has 0 heterocycles. The summed E-state index contributed by atoms with van der Waals surface area (Å²) in [4.78, 5) is 0. The molecule has 1 atom stereocenters. The first-order valence-corrected chi connectivity index (χ1v) is 5.51. The number of nitrogens with one attached hydrogen (secondary N) is 1. The highest BCUT2D eigenvalue weighted by Gasteiger charge is 2.27. The number of benzene rings is 1. The first kappa shape index (κ1) is 12.3. The molecule has 1 unspecified atom stereocenters. The molecule has 0 aliphatic rings. The zero-order valence-electron chi connectivity index (χ0n) is 9.42. The lowest BCUT2D eigenvalue weighted by molar-refractivity contribution is 0.186. The van der Waals surface area contributed by atoms with Gasteiger partial charge in [0, 0.05) is 0 Å². The van der Waals surface area contributed by atoms with Gasteiger partial charge in [-0.15, -0.1) is 0 Å². The van der Waals surface area contributed by atoms with Crippen LogP contribution in [0.4, 0.5) is 5.69 Å². The molecule has 0 aromatic heterocycles.